The first-order chi connectivity index (χ1) is 7.74. The zero-order chi connectivity index (χ0) is 12.8. The fourth-order valence-electron chi connectivity index (χ4n) is 2.42. The highest BCUT2D eigenvalue weighted by Crippen LogP contribution is 2.45. The standard InChI is InChI=1S/C12H18FNO3/c1-11(2,3)17-10(16)14-6-12(7-14)8(13)4-5-9(12)15/h8H,4-7H2,1-3H3. The molecular weight excluding hydrogens is 225 g/mol. The number of likely N-dealkylation sites (tertiary alicyclic amines) is 1. The highest BCUT2D eigenvalue weighted by molar-refractivity contribution is 5.91. The van der Waals surface area contributed by atoms with Crippen LogP contribution in [-0.2, 0) is 9.53 Å². The van der Waals surface area contributed by atoms with Gasteiger partial charge in [0.2, 0.25) is 0 Å². The number of ether oxygens (including phenoxy) is 1. The molecule has 96 valence electrons. The van der Waals surface area contributed by atoms with Crippen molar-refractivity contribution in [1.29, 1.82) is 0 Å². The second-order valence-electron chi connectivity index (χ2n) is 5.92. The average molecular weight is 243 g/mol. The number of amides is 1. The highest BCUT2D eigenvalue weighted by Gasteiger charge is 2.59. The Labute approximate surface area is 100 Å². The molecule has 1 spiro atoms. The minimum atomic E-state index is -1.10. The molecule has 0 bridgehead atoms. The molecule has 17 heavy (non-hydrogen) atoms. The van der Waals surface area contributed by atoms with Crippen LogP contribution < -0.4 is 0 Å². The molecule has 4 nitrogen and oxygen atoms in total. The first-order valence-corrected chi connectivity index (χ1v) is 5.90. The Hall–Kier alpha value is -1.13. The number of carbonyl (C=O) groups excluding carboxylic acids is 2. The molecule has 0 aromatic rings. The summed E-state index contributed by atoms with van der Waals surface area (Å²) in [5.41, 5.74) is -1.48. The number of carbonyl (C=O) groups is 2. The summed E-state index contributed by atoms with van der Waals surface area (Å²) in [6.07, 6.45) is -0.978. The fourth-order valence-corrected chi connectivity index (χ4v) is 2.42. The lowest BCUT2D eigenvalue weighted by Gasteiger charge is -2.47. The van der Waals surface area contributed by atoms with Crippen molar-refractivity contribution in [2.75, 3.05) is 13.1 Å². The Bertz CT molecular complexity index is 355. The third-order valence-corrected chi connectivity index (χ3v) is 3.38. The Morgan fingerprint density at radius 1 is 1.47 bits per heavy atom. The number of hydrogen-bond donors (Lipinski definition) is 0. The summed E-state index contributed by atoms with van der Waals surface area (Å²) in [6.45, 7) is 5.67. The Kier molecular flexibility index (Phi) is 2.67. The van der Waals surface area contributed by atoms with Crippen molar-refractivity contribution in [3.63, 3.8) is 0 Å². The normalized spacial score (nSPS) is 27.2. The van der Waals surface area contributed by atoms with E-state index in [4.69, 9.17) is 4.74 Å². The molecule has 1 aliphatic carbocycles. The van der Waals surface area contributed by atoms with E-state index in [2.05, 4.69) is 0 Å². The Morgan fingerprint density at radius 3 is 2.47 bits per heavy atom. The van der Waals surface area contributed by atoms with Gasteiger partial charge in [0, 0.05) is 19.5 Å². The summed E-state index contributed by atoms with van der Waals surface area (Å²) in [5.74, 6) is -0.0511. The summed E-state index contributed by atoms with van der Waals surface area (Å²) < 4.78 is 18.8. The smallest absolute Gasteiger partial charge is 0.410 e. The molecule has 1 unspecified atom stereocenters. The van der Waals surface area contributed by atoms with Gasteiger partial charge in [-0.3, -0.25) is 4.79 Å². The van der Waals surface area contributed by atoms with Gasteiger partial charge in [-0.25, -0.2) is 9.18 Å². The predicted molar refractivity (Wildman–Crippen MR) is 59.4 cm³/mol. The molecule has 1 saturated carbocycles. The largest absolute Gasteiger partial charge is 0.444 e. The molecule has 0 N–H and O–H groups in total. The van der Waals surface area contributed by atoms with Crippen molar-refractivity contribution >= 4 is 11.9 Å². The number of alkyl halides is 1. The van der Waals surface area contributed by atoms with Crippen molar-refractivity contribution in [2.24, 2.45) is 5.41 Å². The van der Waals surface area contributed by atoms with Crippen LogP contribution in [0.5, 0.6) is 0 Å². The van der Waals surface area contributed by atoms with E-state index in [0.717, 1.165) is 0 Å². The third kappa shape index (κ3) is 2.03. The van der Waals surface area contributed by atoms with Gasteiger partial charge < -0.3 is 9.64 Å². The molecule has 1 saturated heterocycles. The molecule has 2 aliphatic rings. The van der Waals surface area contributed by atoms with E-state index in [0.29, 0.717) is 12.8 Å². The molecule has 1 amide bonds. The van der Waals surface area contributed by atoms with E-state index >= 15 is 0 Å². The van der Waals surface area contributed by atoms with Crippen molar-refractivity contribution in [3.8, 4) is 0 Å². The maximum absolute atomic E-state index is 13.6. The zero-order valence-electron chi connectivity index (χ0n) is 10.5. The fraction of sp³-hybridized carbons (Fsp3) is 0.833. The van der Waals surface area contributed by atoms with Crippen molar-refractivity contribution in [2.45, 2.75) is 45.4 Å². The van der Waals surface area contributed by atoms with Gasteiger partial charge in [0.15, 0.2) is 0 Å². The van der Waals surface area contributed by atoms with E-state index in [1.54, 1.807) is 20.8 Å². The second kappa shape index (κ2) is 3.68. The molecule has 0 radical (unpaired) electrons. The number of Topliss-reactive ketones (excluding diaryl/α,β-unsaturated/α-hetero) is 1. The van der Waals surface area contributed by atoms with Crippen LogP contribution in [-0.4, -0.2) is 41.6 Å². The quantitative estimate of drug-likeness (QED) is 0.653. The monoisotopic (exact) mass is 243 g/mol. The minimum absolute atomic E-state index is 0.0511. The second-order valence-corrected chi connectivity index (χ2v) is 5.92. The van der Waals surface area contributed by atoms with Gasteiger partial charge in [-0.15, -0.1) is 0 Å². The van der Waals surface area contributed by atoms with Crippen LogP contribution >= 0.6 is 0 Å². The minimum Gasteiger partial charge on any atom is -0.444 e. The van der Waals surface area contributed by atoms with Crippen LogP contribution in [0.15, 0.2) is 0 Å². The number of nitrogens with zero attached hydrogens (tertiary/aromatic N) is 1. The van der Waals surface area contributed by atoms with Crippen LogP contribution in [0.3, 0.4) is 0 Å². The number of rotatable bonds is 0. The van der Waals surface area contributed by atoms with E-state index in [1.807, 2.05) is 0 Å². The van der Waals surface area contributed by atoms with E-state index in [9.17, 15) is 14.0 Å². The summed E-state index contributed by atoms with van der Waals surface area (Å²) in [7, 11) is 0. The van der Waals surface area contributed by atoms with E-state index in [1.165, 1.54) is 4.90 Å². The van der Waals surface area contributed by atoms with Crippen molar-refractivity contribution in [1.82, 2.24) is 4.90 Å². The van der Waals surface area contributed by atoms with Crippen molar-refractivity contribution < 1.29 is 18.7 Å². The summed E-state index contributed by atoms with van der Waals surface area (Å²) in [4.78, 5) is 24.7. The average Bonchev–Trinajstić information content (AvgIpc) is 2.36. The molecule has 0 aromatic heterocycles. The third-order valence-electron chi connectivity index (χ3n) is 3.38. The predicted octanol–water partition coefficient (Wildman–Crippen LogP) is 1.92. The highest BCUT2D eigenvalue weighted by atomic mass is 19.1. The number of ketones is 1. The molecule has 1 heterocycles. The van der Waals surface area contributed by atoms with Gasteiger partial charge in [0.25, 0.3) is 0 Å². The molecule has 5 heteroatoms. The first-order valence-electron chi connectivity index (χ1n) is 5.90. The summed E-state index contributed by atoms with van der Waals surface area (Å²) >= 11 is 0. The maximum Gasteiger partial charge on any atom is 0.410 e. The molecule has 0 aromatic carbocycles. The Morgan fingerprint density at radius 2 is 2.06 bits per heavy atom. The van der Waals surface area contributed by atoms with Gasteiger partial charge in [-0.2, -0.15) is 0 Å². The topological polar surface area (TPSA) is 46.6 Å². The van der Waals surface area contributed by atoms with Gasteiger partial charge in [-0.1, -0.05) is 0 Å². The zero-order valence-corrected chi connectivity index (χ0v) is 10.5. The van der Waals surface area contributed by atoms with Crippen LogP contribution in [0.2, 0.25) is 0 Å². The van der Waals surface area contributed by atoms with E-state index < -0.39 is 23.3 Å². The lowest BCUT2D eigenvalue weighted by atomic mass is 9.76. The molecule has 2 fully saturated rings. The van der Waals surface area contributed by atoms with Gasteiger partial charge in [-0.05, 0) is 27.2 Å². The summed E-state index contributed by atoms with van der Waals surface area (Å²) in [5, 5.41) is 0. The lowest BCUT2D eigenvalue weighted by molar-refractivity contribution is -0.138. The summed E-state index contributed by atoms with van der Waals surface area (Å²) in [6, 6.07) is 0. The molecule has 1 aliphatic heterocycles. The molecule has 2 rings (SSSR count). The molecular formula is C12H18FNO3. The van der Waals surface area contributed by atoms with E-state index in [-0.39, 0.29) is 18.9 Å². The first kappa shape index (κ1) is 12.3. The van der Waals surface area contributed by atoms with Crippen LogP contribution in [0.4, 0.5) is 9.18 Å². The van der Waals surface area contributed by atoms with Gasteiger partial charge in [0.1, 0.15) is 17.6 Å². The Balaban J connectivity index is 1.94. The number of halogens is 1. The van der Waals surface area contributed by atoms with Crippen LogP contribution in [0.1, 0.15) is 33.6 Å². The van der Waals surface area contributed by atoms with Crippen LogP contribution in [0, 0.1) is 5.41 Å². The lowest BCUT2D eigenvalue weighted by Crippen LogP contribution is -2.64. The molecule has 1 atom stereocenters. The number of hydrogen-bond acceptors (Lipinski definition) is 3. The van der Waals surface area contributed by atoms with Crippen LogP contribution in [0.25, 0.3) is 0 Å². The maximum atomic E-state index is 13.6. The SMILES string of the molecule is CC(C)(C)OC(=O)N1CC2(C1)C(=O)CCC2F. The van der Waals surface area contributed by atoms with Gasteiger partial charge in [0.05, 0.1) is 5.41 Å². The van der Waals surface area contributed by atoms with Crippen molar-refractivity contribution in [3.05, 3.63) is 0 Å². The van der Waals surface area contributed by atoms with Gasteiger partial charge >= 0.3 is 6.09 Å².